The van der Waals surface area contributed by atoms with Gasteiger partial charge in [-0.05, 0) is 41.1 Å². The van der Waals surface area contributed by atoms with Crippen molar-refractivity contribution in [3.05, 3.63) is 34.3 Å². The number of nitrogens with one attached hydrogen (secondary N) is 1. The van der Waals surface area contributed by atoms with Gasteiger partial charge in [0.15, 0.2) is 5.82 Å². The summed E-state index contributed by atoms with van der Waals surface area (Å²) in [6.45, 7) is 2.24. The Labute approximate surface area is 127 Å². The summed E-state index contributed by atoms with van der Waals surface area (Å²) in [5.74, 6) is 1.21. The van der Waals surface area contributed by atoms with E-state index in [4.69, 9.17) is 0 Å². The van der Waals surface area contributed by atoms with Crippen molar-refractivity contribution in [2.24, 2.45) is 7.05 Å². The van der Waals surface area contributed by atoms with Crippen molar-refractivity contribution in [2.75, 3.05) is 5.32 Å². The summed E-state index contributed by atoms with van der Waals surface area (Å²) in [6, 6.07) is 4.24. The van der Waals surface area contributed by atoms with Gasteiger partial charge in [0, 0.05) is 12.7 Å². The van der Waals surface area contributed by atoms with Crippen LogP contribution in [0, 0.1) is 6.92 Å². The Balaban J connectivity index is 2.05. The molecule has 1 aromatic carbocycles. The largest absolute Gasteiger partial charge is 0.573 e. The minimum absolute atomic E-state index is 0.207. The molecule has 0 fully saturated rings. The predicted octanol–water partition coefficient (Wildman–Crippen LogP) is 3.40. The van der Waals surface area contributed by atoms with Crippen LogP contribution in [0.4, 0.5) is 18.9 Å². The number of aromatic nitrogens is 3. The molecule has 0 unspecified atom stereocenters. The van der Waals surface area contributed by atoms with Crippen molar-refractivity contribution >= 4 is 21.6 Å². The summed E-state index contributed by atoms with van der Waals surface area (Å²) in [5.41, 5.74) is 0.636. The van der Waals surface area contributed by atoms with Crippen LogP contribution >= 0.6 is 15.9 Å². The molecule has 1 N–H and O–H groups in total. The summed E-state index contributed by atoms with van der Waals surface area (Å²) in [7, 11) is 1.84. The van der Waals surface area contributed by atoms with Crippen molar-refractivity contribution in [1.82, 2.24) is 14.8 Å². The molecular weight excluding hydrogens is 353 g/mol. The first kappa shape index (κ1) is 15.6. The first-order valence-electron chi connectivity index (χ1n) is 5.90. The van der Waals surface area contributed by atoms with Crippen LogP contribution in [-0.4, -0.2) is 21.1 Å². The van der Waals surface area contributed by atoms with E-state index in [1.807, 2.05) is 18.5 Å². The normalized spacial score (nSPS) is 11.5. The molecule has 0 aliphatic rings. The second-order valence-electron chi connectivity index (χ2n) is 4.27. The molecule has 0 amide bonds. The van der Waals surface area contributed by atoms with E-state index in [1.165, 1.54) is 18.2 Å². The lowest BCUT2D eigenvalue weighted by molar-refractivity contribution is -0.274. The third-order valence-electron chi connectivity index (χ3n) is 2.79. The summed E-state index contributed by atoms with van der Waals surface area (Å²) in [5, 5.41) is 11.0. The van der Waals surface area contributed by atoms with Crippen LogP contribution in [0.3, 0.4) is 0 Å². The first-order valence-corrected chi connectivity index (χ1v) is 6.69. The van der Waals surface area contributed by atoms with Gasteiger partial charge in [-0.3, -0.25) is 0 Å². The highest BCUT2D eigenvalue weighted by Crippen LogP contribution is 2.32. The Morgan fingerprint density at radius 2 is 2.05 bits per heavy atom. The topological polar surface area (TPSA) is 52.0 Å². The van der Waals surface area contributed by atoms with Crippen molar-refractivity contribution in [3.8, 4) is 5.75 Å². The molecule has 0 radical (unpaired) electrons. The number of hydrogen-bond acceptors (Lipinski definition) is 4. The highest BCUT2D eigenvalue weighted by Gasteiger charge is 2.31. The molecule has 9 heteroatoms. The lowest BCUT2D eigenvalue weighted by Gasteiger charge is -2.12. The van der Waals surface area contributed by atoms with E-state index in [9.17, 15) is 13.2 Å². The van der Waals surface area contributed by atoms with Crippen molar-refractivity contribution in [1.29, 1.82) is 0 Å². The van der Waals surface area contributed by atoms with Gasteiger partial charge in [-0.15, -0.1) is 23.4 Å². The number of rotatable bonds is 4. The van der Waals surface area contributed by atoms with Gasteiger partial charge in [-0.25, -0.2) is 0 Å². The van der Waals surface area contributed by atoms with Crippen molar-refractivity contribution in [2.45, 2.75) is 19.8 Å². The zero-order chi connectivity index (χ0) is 15.6. The van der Waals surface area contributed by atoms with Crippen LogP contribution < -0.4 is 10.1 Å². The van der Waals surface area contributed by atoms with Crippen molar-refractivity contribution < 1.29 is 17.9 Å². The SMILES string of the molecule is Cc1nnc(CNc2ccc(OC(F)(F)F)c(Br)c2)n1C. The maximum absolute atomic E-state index is 12.2. The molecule has 2 rings (SSSR count). The lowest BCUT2D eigenvalue weighted by Crippen LogP contribution is -2.17. The number of hydrogen-bond donors (Lipinski definition) is 1. The Hall–Kier alpha value is -1.77. The number of nitrogens with zero attached hydrogens (tertiary/aromatic N) is 3. The van der Waals surface area contributed by atoms with Crippen LogP contribution in [0.1, 0.15) is 11.6 Å². The zero-order valence-electron chi connectivity index (χ0n) is 11.2. The summed E-state index contributed by atoms with van der Waals surface area (Å²) < 4.78 is 42.4. The molecule has 0 aliphatic heterocycles. The van der Waals surface area contributed by atoms with Gasteiger partial charge in [-0.1, -0.05) is 0 Å². The van der Waals surface area contributed by atoms with E-state index in [0.717, 1.165) is 11.6 Å². The van der Waals surface area contributed by atoms with Gasteiger partial charge in [0.05, 0.1) is 11.0 Å². The molecule has 0 saturated heterocycles. The molecule has 114 valence electrons. The number of ether oxygens (including phenoxy) is 1. The first-order chi connectivity index (χ1) is 9.76. The van der Waals surface area contributed by atoms with E-state index in [-0.39, 0.29) is 10.2 Å². The molecule has 0 saturated carbocycles. The van der Waals surface area contributed by atoms with Crippen LogP contribution in [0.15, 0.2) is 22.7 Å². The van der Waals surface area contributed by atoms with E-state index in [0.29, 0.717) is 12.2 Å². The lowest BCUT2D eigenvalue weighted by atomic mass is 10.3. The monoisotopic (exact) mass is 364 g/mol. The fourth-order valence-corrected chi connectivity index (χ4v) is 2.06. The molecule has 2 aromatic rings. The maximum Gasteiger partial charge on any atom is 0.573 e. The standard InChI is InChI=1S/C12H12BrF3N4O/c1-7-18-19-11(20(7)2)6-17-8-3-4-10(9(13)5-8)21-12(14,15)16/h3-5,17H,6H2,1-2H3. The Morgan fingerprint density at radius 3 is 2.57 bits per heavy atom. The maximum atomic E-state index is 12.2. The highest BCUT2D eigenvalue weighted by molar-refractivity contribution is 9.10. The molecular formula is C12H12BrF3N4O. The minimum atomic E-state index is -4.71. The average molecular weight is 365 g/mol. The number of alkyl halides is 3. The predicted molar refractivity (Wildman–Crippen MR) is 73.9 cm³/mol. The number of aryl methyl sites for hydroxylation is 1. The van der Waals surface area contributed by atoms with E-state index in [2.05, 4.69) is 36.2 Å². The minimum Gasteiger partial charge on any atom is -0.405 e. The van der Waals surface area contributed by atoms with Crippen LogP contribution in [0.5, 0.6) is 5.75 Å². The van der Waals surface area contributed by atoms with Gasteiger partial charge in [0.2, 0.25) is 0 Å². The smallest absolute Gasteiger partial charge is 0.405 e. The van der Waals surface area contributed by atoms with Gasteiger partial charge < -0.3 is 14.6 Å². The Kier molecular flexibility index (Phi) is 4.40. The third kappa shape index (κ3) is 4.10. The van der Waals surface area contributed by atoms with Gasteiger partial charge in [0.25, 0.3) is 0 Å². The van der Waals surface area contributed by atoms with Crippen LogP contribution in [-0.2, 0) is 13.6 Å². The summed E-state index contributed by atoms with van der Waals surface area (Å²) in [4.78, 5) is 0. The fourth-order valence-electron chi connectivity index (χ4n) is 1.60. The quantitative estimate of drug-likeness (QED) is 0.903. The molecule has 1 heterocycles. The van der Waals surface area contributed by atoms with Crippen molar-refractivity contribution in [3.63, 3.8) is 0 Å². The van der Waals surface area contributed by atoms with Gasteiger partial charge in [-0.2, -0.15) is 0 Å². The van der Waals surface area contributed by atoms with Crippen LogP contribution in [0.25, 0.3) is 0 Å². The molecule has 0 atom stereocenters. The molecule has 5 nitrogen and oxygen atoms in total. The van der Waals surface area contributed by atoms with Gasteiger partial charge >= 0.3 is 6.36 Å². The number of halogens is 4. The van der Waals surface area contributed by atoms with E-state index >= 15 is 0 Å². The average Bonchev–Trinajstić information content (AvgIpc) is 2.69. The molecule has 1 aromatic heterocycles. The number of benzene rings is 1. The third-order valence-corrected chi connectivity index (χ3v) is 3.41. The van der Waals surface area contributed by atoms with E-state index in [1.54, 1.807) is 0 Å². The molecule has 21 heavy (non-hydrogen) atoms. The molecule has 0 bridgehead atoms. The second-order valence-corrected chi connectivity index (χ2v) is 5.12. The second kappa shape index (κ2) is 5.92. The summed E-state index contributed by atoms with van der Waals surface area (Å²) >= 11 is 3.05. The fraction of sp³-hybridized carbons (Fsp3) is 0.333. The summed E-state index contributed by atoms with van der Waals surface area (Å²) in [6.07, 6.45) is -4.71. The van der Waals surface area contributed by atoms with Crippen LogP contribution in [0.2, 0.25) is 0 Å². The Morgan fingerprint density at radius 1 is 1.33 bits per heavy atom. The molecule has 0 spiro atoms. The van der Waals surface area contributed by atoms with E-state index < -0.39 is 6.36 Å². The zero-order valence-corrected chi connectivity index (χ0v) is 12.8. The Bertz CT molecular complexity index is 642. The van der Waals surface area contributed by atoms with Gasteiger partial charge in [0.1, 0.15) is 11.6 Å². The number of anilines is 1. The molecule has 0 aliphatic carbocycles. The highest BCUT2D eigenvalue weighted by atomic mass is 79.9.